The summed E-state index contributed by atoms with van der Waals surface area (Å²) in [7, 11) is 2.24. The van der Waals surface area contributed by atoms with E-state index in [0.717, 1.165) is 19.7 Å². The average molecular weight is 284 g/mol. The van der Waals surface area contributed by atoms with E-state index >= 15 is 0 Å². The summed E-state index contributed by atoms with van der Waals surface area (Å²) in [6, 6.07) is 0. The van der Waals surface area contributed by atoms with E-state index in [1.807, 2.05) is 0 Å². The summed E-state index contributed by atoms with van der Waals surface area (Å²) < 4.78 is 5.79. The van der Waals surface area contributed by atoms with Gasteiger partial charge in [-0.1, -0.05) is 12.8 Å². The molecule has 0 bridgehead atoms. The third kappa shape index (κ3) is 9.73. The van der Waals surface area contributed by atoms with Crippen molar-refractivity contribution in [3.63, 3.8) is 0 Å². The van der Waals surface area contributed by atoms with Crippen molar-refractivity contribution in [2.75, 3.05) is 33.3 Å². The molecule has 1 aliphatic rings. The van der Waals surface area contributed by atoms with Crippen molar-refractivity contribution >= 4 is 0 Å². The monoisotopic (exact) mass is 284 g/mol. The van der Waals surface area contributed by atoms with Crippen LogP contribution in [-0.4, -0.2) is 49.8 Å². The Hall–Kier alpha value is -0.120. The molecule has 0 saturated carbocycles. The number of nitrogens with zero attached hydrogens (tertiary/aromatic N) is 1. The van der Waals surface area contributed by atoms with E-state index in [-0.39, 0.29) is 5.54 Å². The second kappa shape index (κ2) is 9.75. The van der Waals surface area contributed by atoms with Crippen LogP contribution in [-0.2, 0) is 4.74 Å². The van der Waals surface area contributed by atoms with Gasteiger partial charge in [-0.25, -0.2) is 0 Å². The van der Waals surface area contributed by atoms with Gasteiger partial charge in [-0.3, -0.25) is 0 Å². The van der Waals surface area contributed by atoms with Crippen LogP contribution in [0.3, 0.4) is 0 Å². The van der Waals surface area contributed by atoms with E-state index in [2.05, 4.69) is 38.0 Å². The fraction of sp³-hybridized carbons (Fsp3) is 1.00. The molecule has 0 amide bonds. The van der Waals surface area contributed by atoms with E-state index in [4.69, 9.17) is 4.74 Å². The first kappa shape index (κ1) is 17.9. The van der Waals surface area contributed by atoms with Gasteiger partial charge in [0.25, 0.3) is 0 Å². The van der Waals surface area contributed by atoms with E-state index in [0.29, 0.717) is 6.10 Å². The predicted molar refractivity (Wildman–Crippen MR) is 87.3 cm³/mol. The SMILES string of the molecule is CN(CCCCCCNC(C)(C)C)CC1CCCCO1. The van der Waals surface area contributed by atoms with Crippen molar-refractivity contribution in [2.45, 2.75) is 77.4 Å². The minimum Gasteiger partial charge on any atom is -0.377 e. The topological polar surface area (TPSA) is 24.5 Å². The number of ether oxygens (including phenoxy) is 1. The number of rotatable bonds is 9. The third-order valence-electron chi connectivity index (χ3n) is 3.91. The Morgan fingerprint density at radius 1 is 1.10 bits per heavy atom. The van der Waals surface area contributed by atoms with Gasteiger partial charge in [0.15, 0.2) is 0 Å². The summed E-state index contributed by atoms with van der Waals surface area (Å²) >= 11 is 0. The van der Waals surface area contributed by atoms with E-state index < -0.39 is 0 Å². The van der Waals surface area contributed by atoms with Crippen LogP contribution in [0.15, 0.2) is 0 Å². The maximum Gasteiger partial charge on any atom is 0.0701 e. The van der Waals surface area contributed by atoms with Crippen LogP contribution in [0.2, 0.25) is 0 Å². The normalized spacial score (nSPS) is 20.6. The molecule has 1 atom stereocenters. The molecule has 1 N–H and O–H groups in total. The van der Waals surface area contributed by atoms with E-state index in [1.165, 1.54) is 51.5 Å². The summed E-state index contributed by atoms with van der Waals surface area (Å²) in [5.74, 6) is 0. The van der Waals surface area contributed by atoms with Gasteiger partial charge in [0.05, 0.1) is 6.10 Å². The number of unbranched alkanes of at least 4 members (excludes halogenated alkanes) is 3. The molecule has 1 aliphatic heterocycles. The first-order valence-corrected chi connectivity index (χ1v) is 8.52. The van der Waals surface area contributed by atoms with Crippen molar-refractivity contribution in [1.29, 1.82) is 0 Å². The quantitative estimate of drug-likeness (QED) is 0.656. The molecule has 0 aromatic carbocycles. The number of nitrogens with one attached hydrogen (secondary N) is 1. The van der Waals surface area contributed by atoms with Crippen molar-refractivity contribution in [3.8, 4) is 0 Å². The highest BCUT2D eigenvalue weighted by Gasteiger charge is 2.15. The molecule has 3 nitrogen and oxygen atoms in total. The maximum absolute atomic E-state index is 5.79. The van der Waals surface area contributed by atoms with Gasteiger partial charge in [-0.15, -0.1) is 0 Å². The molecule has 3 heteroatoms. The van der Waals surface area contributed by atoms with Gasteiger partial charge in [0.1, 0.15) is 0 Å². The molecule has 0 radical (unpaired) electrons. The van der Waals surface area contributed by atoms with Gasteiger partial charge in [0.2, 0.25) is 0 Å². The zero-order valence-electron chi connectivity index (χ0n) is 14.2. The summed E-state index contributed by atoms with van der Waals surface area (Å²) in [5, 5.41) is 3.55. The highest BCUT2D eigenvalue weighted by Crippen LogP contribution is 2.13. The molecule has 1 saturated heterocycles. The van der Waals surface area contributed by atoms with Crippen LogP contribution < -0.4 is 5.32 Å². The van der Waals surface area contributed by atoms with E-state index in [1.54, 1.807) is 0 Å². The Kier molecular flexibility index (Phi) is 8.74. The summed E-state index contributed by atoms with van der Waals surface area (Å²) in [6.45, 7) is 11.1. The van der Waals surface area contributed by atoms with Crippen LogP contribution in [0, 0.1) is 0 Å². The van der Waals surface area contributed by atoms with Crippen LogP contribution in [0.25, 0.3) is 0 Å². The fourth-order valence-electron chi connectivity index (χ4n) is 2.71. The van der Waals surface area contributed by atoms with Crippen LogP contribution in [0.1, 0.15) is 65.7 Å². The third-order valence-corrected chi connectivity index (χ3v) is 3.91. The highest BCUT2D eigenvalue weighted by molar-refractivity contribution is 4.70. The lowest BCUT2D eigenvalue weighted by molar-refractivity contribution is -0.00160. The lowest BCUT2D eigenvalue weighted by Gasteiger charge is -2.27. The minimum atomic E-state index is 0.264. The molecule has 20 heavy (non-hydrogen) atoms. The zero-order chi connectivity index (χ0) is 14.8. The van der Waals surface area contributed by atoms with Gasteiger partial charge in [-0.05, 0) is 73.0 Å². The molecule has 0 aliphatic carbocycles. The first-order chi connectivity index (χ1) is 9.47. The Morgan fingerprint density at radius 3 is 2.50 bits per heavy atom. The van der Waals surface area contributed by atoms with Gasteiger partial charge >= 0.3 is 0 Å². The standard InChI is InChI=1S/C17H36N2O/c1-17(2,3)18-12-8-5-6-9-13-19(4)15-16-11-7-10-14-20-16/h16,18H,5-15H2,1-4H3. The second-order valence-corrected chi connectivity index (χ2v) is 7.34. The predicted octanol–water partition coefficient (Wildman–Crippen LogP) is 3.44. The molecule has 1 fully saturated rings. The van der Waals surface area contributed by atoms with E-state index in [9.17, 15) is 0 Å². The maximum atomic E-state index is 5.79. The molecular formula is C17H36N2O. The minimum absolute atomic E-state index is 0.264. The molecular weight excluding hydrogens is 248 g/mol. The highest BCUT2D eigenvalue weighted by atomic mass is 16.5. The Morgan fingerprint density at radius 2 is 1.85 bits per heavy atom. The first-order valence-electron chi connectivity index (χ1n) is 8.52. The van der Waals surface area contributed by atoms with Crippen LogP contribution in [0.5, 0.6) is 0 Å². The Bertz CT molecular complexity index is 232. The van der Waals surface area contributed by atoms with Gasteiger partial charge < -0.3 is 15.0 Å². The van der Waals surface area contributed by atoms with Crippen molar-refractivity contribution < 1.29 is 4.74 Å². The Labute approximate surface area is 126 Å². The summed E-state index contributed by atoms with van der Waals surface area (Å²) in [5.41, 5.74) is 0.264. The van der Waals surface area contributed by atoms with Crippen LogP contribution >= 0.6 is 0 Å². The summed E-state index contributed by atoms with van der Waals surface area (Å²) in [4.78, 5) is 2.45. The lowest BCUT2D eigenvalue weighted by atomic mass is 10.1. The smallest absolute Gasteiger partial charge is 0.0701 e. The average Bonchev–Trinajstić information content (AvgIpc) is 2.37. The van der Waals surface area contributed by atoms with Crippen molar-refractivity contribution in [3.05, 3.63) is 0 Å². The zero-order valence-corrected chi connectivity index (χ0v) is 14.2. The molecule has 1 unspecified atom stereocenters. The molecule has 0 spiro atoms. The largest absolute Gasteiger partial charge is 0.377 e. The van der Waals surface area contributed by atoms with Gasteiger partial charge in [0, 0.05) is 18.7 Å². The number of hydrogen-bond donors (Lipinski definition) is 1. The molecule has 120 valence electrons. The van der Waals surface area contributed by atoms with Crippen molar-refractivity contribution in [2.24, 2.45) is 0 Å². The number of likely N-dealkylation sites (N-methyl/N-ethyl adjacent to an activating group) is 1. The van der Waals surface area contributed by atoms with Crippen molar-refractivity contribution in [1.82, 2.24) is 10.2 Å². The lowest BCUT2D eigenvalue weighted by Crippen LogP contribution is -2.36. The second-order valence-electron chi connectivity index (χ2n) is 7.34. The molecule has 0 aromatic rings. The van der Waals surface area contributed by atoms with Gasteiger partial charge in [-0.2, -0.15) is 0 Å². The fourth-order valence-corrected chi connectivity index (χ4v) is 2.71. The van der Waals surface area contributed by atoms with Crippen LogP contribution in [0.4, 0.5) is 0 Å². The molecule has 1 heterocycles. The summed E-state index contributed by atoms with van der Waals surface area (Å²) in [6.07, 6.45) is 9.65. The Balaban J connectivity index is 1.90. The number of hydrogen-bond acceptors (Lipinski definition) is 3. The molecule has 0 aromatic heterocycles. The molecule has 1 rings (SSSR count).